The van der Waals surface area contributed by atoms with Gasteiger partial charge in [-0.05, 0) is 63.7 Å². The number of aromatic amines is 1. The largest absolute Gasteiger partial charge is 0.352 e. The van der Waals surface area contributed by atoms with Crippen LogP contribution in [0.2, 0.25) is 0 Å². The van der Waals surface area contributed by atoms with Gasteiger partial charge in [-0.1, -0.05) is 0 Å². The number of benzene rings is 1. The predicted molar refractivity (Wildman–Crippen MR) is 160 cm³/mol. The average molecular weight is 591 g/mol. The molecule has 1 aromatic carbocycles. The van der Waals surface area contributed by atoms with Gasteiger partial charge in [-0.3, -0.25) is 9.48 Å². The zero-order valence-corrected chi connectivity index (χ0v) is 24.4. The molecule has 5 rings (SSSR count). The minimum atomic E-state index is -3.35. The third kappa shape index (κ3) is 5.98. The van der Waals surface area contributed by atoms with Crippen LogP contribution >= 0.6 is 0 Å². The first-order valence-corrected chi connectivity index (χ1v) is 15.4. The Balaban J connectivity index is 1.33. The van der Waals surface area contributed by atoms with Crippen LogP contribution in [0.15, 0.2) is 48.9 Å². The molecule has 1 amide bonds. The number of carbonyl (C=O) groups is 1. The molecular formula is C28H34N10O3S. The predicted octanol–water partition coefficient (Wildman–Crippen LogP) is 2.57. The van der Waals surface area contributed by atoms with Gasteiger partial charge in [-0.25, -0.2) is 13.4 Å². The zero-order chi connectivity index (χ0) is 29.7. The fraction of sp³-hybridized carbons (Fsp3) is 0.393. The Hall–Kier alpha value is -4.32. The summed E-state index contributed by atoms with van der Waals surface area (Å²) >= 11 is 0. The Labute approximate surface area is 244 Å². The van der Waals surface area contributed by atoms with Gasteiger partial charge in [-0.2, -0.15) is 19.6 Å². The van der Waals surface area contributed by atoms with Gasteiger partial charge in [0.05, 0.1) is 30.1 Å². The Morgan fingerprint density at radius 2 is 1.90 bits per heavy atom. The molecule has 1 aliphatic heterocycles. The molecule has 14 heteroatoms. The summed E-state index contributed by atoms with van der Waals surface area (Å²) in [6.07, 6.45) is 7.28. The van der Waals surface area contributed by atoms with Crippen LogP contribution in [-0.2, 0) is 15.6 Å². The number of aromatic nitrogens is 5. The van der Waals surface area contributed by atoms with E-state index in [0.717, 1.165) is 24.8 Å². The Morgan fingerprint density at radius 1 is 1.14 bits per heavy atom. The summed E-state index contributed by atoms with van der Waals surface area (Å²) in [4.78, 5) is 24.9. The van der Waals surface area contributed by atoms with Crippen molar-refractivity contribution < 1.29 is 13.2 Å². The molecule has 4 N–H and O–H groups in total. The van der Waals surface area contributed by atoms with Gasteiger partial charge in [0, 0.05) is 54.2 Å². The summed E-state index contributed by atoms with van der Waals surface area (Å²) in [6.45, 7) is 3.53. The number of unbranched alkanes of at least 4 members (excludes halogenated alkanes) is 1. The van der Waals surface area contributed by atoms with Crippen LogP contribution in [0.5, 0.6) is 0 Å². The van der Waals surface area contributed by atoms with Gasteiger partial charge in [-0.15, -0.1) is 0 Å². The molecular weight excluding hydrogens is 556 g/mol. The number of anilines is 2. The molecule has 1 aliphatic rings. The summed E-state index contributed by atoms with van der Waals surface area (Å²) in [5, 5.41) is 24.0. The molecule has 0 atom stereocenters. The van der Waals surface area contributed by atoms with E-state index in [1.54, 1.807) is 54.5 Å². The summed E-state index contributed by atoms with van der Waals surface area (Å²) in [5.74, 6) is 0.241. The third-order valence-electron chi connectivity index (χ3n) is 7.41. The van der Waals surface area contributed by atoms with E-state index in [1.807, 2.05) is 13.1 Å². The van der Waals surface area contributed by atoms with Crippen LogP contribution in [0.3, 0.4) is 0 Å². The number of sulfonamides is 1. The number of fused-ring (bicyclic) bond motifs is 1. The van der Waals surface area contributed by atoms with Gasteiger partial charge in [0.15, 0.2) is 0 Å². The number of nitriles is 1. The minimum Gasteiger partial charge on any atom is -0.352 e. The smallest absolute Gasteiger partial charge is 0.251 e. The first kappa shape index (κ1) is 29.2. The molecule has 4 heterocycles. The highest BCUT2D eigenvalue weighted by molar-refractivity contribution is 7.89. The number of H-pyrrole nitrogens is 1. The fourth-order valence-corrected chi connectivity index (χ4v) is 6.20. The Bertz CT molecular complexity index is 1700. The number of hydrogen-bond acceptors (Lipinski definition) is 9. The second-order valence-corrected chi connectivity index (χ2v) is 12.6. The maximum Gasteiger partial charge on any atom is 0.251 e. The molecule has 0 bridgehead atoms. The van der Waals surface area contributed by atoms with Gasteiger partial charge in [0.25, 0.3) is 5.91 Å². The van der Waals surface area contributed by atoms with E-state index in [0.29, 0.717) is 40.6 Å². The highest BCUT2D eigenvalue weighted by atomic mass is 32.2. The summed E-state index contributed by atoms with van der Waals surface area (Å²) in [7, 11) is -1.44. The average Bonchev–Trinajstić information content (AvgIpc) is 3.65. The van der Waals surface area contributed by atoms with Crippen LogP contribution in [0.4, 0.5) is 11.6 Å². The van der Waals surface area contributed by atoms with E-state index < -0.39 is 15.6 Å². The first-order valence-electron chi connectivity index (χ1n) is 13.8. The van der Waals surface area contributed by atoms with E-state index >= 15 is 0 Å². The minimum absolute atomic E-state index is 0.00924. The van der Waals surface area contributed by atoms with E-state index in [9.17, 15) is 18.5 Å². The second-order valence-electron chi connectivity index (χ2n) is 10.3. The van der Waals surface area contributed by atoms with E-state index in [2.05, 4.69) is 37.1 Å². The van der Waals surface area contributed by atoms with Gasteiger partial charge >= 0.3 is 0 Å². The zero-order valence-electron chi connectivity index (χ0n) is 23.6. The lowest BCUT2D eigenvalue weighted by atomic mass is 9.89. The number of amides is 1. The second kappa shape index (κ2) is 12.3. The van der Waals surface area contributed by atoms with Crippen molar-refractivity contribution >= 4 is 38.6 Å². The Kier molecular flexibility index (Phi) is 8.53. The lowest BCUT2D eigenvalue weighted by molar-refractivity contribution is 0.0719. The maximum atomic E-state index is 12.5. The summed E-state index contributed by atoms with van der Waals surface area (Å²) in [5.41, 5.74) is 2.51. The lowest BCUT2D eigenvalue weighted by Gasteiger charge is -2.47. The van der Waals surface area contributed by atoms with Crippen molar-refractivity contribution in [3.8, 4) is 17.3 Å². The number of carbonyl (C=O) groups excluding carboxylic acids is 1. The number of hydrogen-bond donors (Lipinski definition) is 4. The van der Waals surface area contributed by atoms with Crippen molar-refractivity contribution in [2.75, 3.05) is 44.3 Å². The molecule has 3 aromatic heterocycles. The lowest BCUT2D eigenvalue weighted by Crippen LogP contribution is -2.64. The van der Waals surface area contributed by atoms with Crippen molar-refractivity contribution in [1.29, 1.82) is 5.26 Å². The van der Waals surface area contributed by atoms with Crippen molar-refractivity contribution in [3.63, 3.8) is 0 Å². The monoisotopic (exact) mass is 590 g/mol. The molecule has 0 aliphatic carbocycles. The van der Waals surface area contributed by atoms with Crippen molar-refractivity contribution in [2.45, 2.75) is 31.7 Å². The van der Waals surface area contributed by atoms with Gasteiger partial charge in [0.2, 0.25) is 16.0 Å². The summed E-state index contributed by atoms with van der Waals surface area (Å²) in [6, 6.07) is 11.2. The van der Waals surface area contributed by atoms with Crippen LogP contribution in [0, 0.1) is 11.3 Å². The molecule has 0 spiro atoms. The number of nitrogens with one attached hydrogen (secondary N) is 4. The molecule has 42 heavy (non-hydrogen) atoms. The molecule has 1 fully saturated rings. The molecule has 1 saturated heterocycles. The van der Waals surface area contributed by atoms with Crippen molar-refractivity contribution in [3.05, 3.63) is 54.5 Å². The fourth-order valence-electron chi connectivity index (χ4n) is 4.96. The topological polar surface area (TPSA) is 174 Å². The van der Waals surface area contributed by atoms with Gasteiger partial charge < -0.3 is 20.9 Å². The normalized spacial score (nSPS) is 14.8. The molecule has 220 valence electrons. The number of nitrogens with zero attached hydrogens (tertiary/aromatic N) is 6. The van der Waals surface area contributed by atoms with E-state index in [1.165, 1.54) is 4.31 Å². The standard InChI is InChI=1S/C28H34N10O3S/c1-3-42(40,41)37-18-28(19-37,11-12-29)38-17-21(16-33-38)24-23-10-15-31-25(23)36-27(35-24)34-22-8-6-20(7-9-22)26(39)32-14-5-4-13-30-2/h6-10,15-17,30H,3-5,11,13-14,18-19H2,1-2H3,(H,32,39)(H2,31,34,35,36). The van der Waals surface area contributed by atoms with Gasteiger partial charge in [0.1, 0.15) is 11.2 Å². The maximum absolute atomic E-state index is 12.5. The van der Waals surface area contributed by atoms with Crippen LogP contribution in [0.25, 0.3) is 22.3 Å². The molecule has 4 aromatic rings. The summed E-state index contributed by atoms with van der Waals surface area (Å²) < 4.78 is 27.7. The molecule has 0 saturated carbocycles. The first-order chi connectivity index (χ1) is 20.3. The highest BCUT2D eigenvalue weighted by Crippen LogP contribution is 2.36. The van der Waals surface area contributed by atoms with E-state index in [4.69, 9.17) is 4.98 Å². The molecule has 13 nitrogen and oxygen atoms in total. The Morgan fingerprint density at radius 3 is 2.62 bits per heavy atom. The van der Waals surface area contributed by atoms with Crippen LogP contribution in [0.1, 0.15) is 36.5 Å². The molecule has 0 unspecified atom stereocenters. The SMILES string of the molecule is CCS(=O)(=O)N1CC(CC#N)(n2cc(-c3nc(Nc4ccc(C(=O)NCCCCNC)cc4)nc4[nH]ccc34)cn2)C1. The number of rotatable bonds is 13. The van der Waals surface area contributed by atoms with Crippen LogP contribution < -0.4 is 16.0 Å². The van der Waals surface area contributed by atoms with Crippen LogP contribution in [-0.4, -0.2) is 82.3 Å². The van der Waals surface area contributed by atoms with Crippen molar-refractivity contribution in [2.24, 2.45) is 0 Å². The van der Waals surface area contributed by atoms with E-state index in [-0.39, 0.29) is 31.2 Å². The van der Waals surface area contributed by atoms with Crippen molar-refractivity contribution in [1.82, 2.24) is 39.7 Å². The molecule has 0 radical (unpaired) electrons. The quantitative estimate of drug-likeness (QED) is 0.171. The third-order valence-corrected chi connectivity index (χ3v) is 9.18. The highest BCUT2D eigenvalue weighted by Gasteiger charge is 2.49.